The van der Waals surface area contributed by atoms with Crippen molar-refractivity contribution in [1.82, 2.24) is 14.9 Å². The van der Waals surface area contributed by atoms with Gasteiger partial charge in [0.05, 0.1) is 5.56 Å². The normalized spacial score (nSPS) is 10.2. The molecule has 168 valence electrons. The van der Waals surface area contributed by atoms with Gasteiger partial charge in [0, 0.05) is 53.0 Å². The summed E-state index contributed by atoms with van der Waals surface area (Å²) < 4.78 is 5.05. The topological polar surface area (TPSA) is 129 Å². The summed E-state index contributed by atoms with van der Waals surface area (Å²) >= 11 is 0. The number of rotatable bonds is 9. The average molecular weight is 438 g/mol. The SMILES string of the molecule is COCCCc1cc(NC(=O)N(C)c2ccc(CN(C)C(C)=O)c(C=O)n2)ncc1C#N. The Balaban J connectivity index is 2.17. The van der Waals surface area contributed by atoms with Crippen LogP contribution in [0.2, 0.25) is 0 Å². The van der Waals surface area contributed by atoms with Crippen molar-refractivity contribution in [3.63, 3.8) is 0 Å². The Morgan fingerprint density at radius 1 is 1.28 bits per heavy atom. The first kappa shape index (κ1) is 24.4. The van der Waals surface area contributed by atoms with Gasteiger partial charge in [-0.15, -0.1) is 0 Å². The van der Waals surface area contributed by atoms with Crippen LogP contribution in [0.15, 0.2) is 24.4 Å². The van der Waals surface area contributed by atoms with Crippen LogP contribution in [0, 0.1) is 11.3 Å². The Kier molecular flexibility index (Phi) is 8.80. The summed E-state index contributed by atoms with van der Waals surface area (Å²) in [6.45, 7) is 2.22. The van der Waals surface area contributed by atoms with Gasteiger partial charge in [-0.05, 0) is 30.5 Å². The first-order valence-corrected chi connectivity index (χ1v) is 9.90. The number of methoxy groups -OCH3 is 1. The smallest absolute Gasteiger partial charge is 0.328 e. The number of anilines is 2. The summed E-state index contributed by atoms with van der Waals surface area (Å²) in [4.78, 5) is 46.7. The molecule has 2 rings (SSSR count). The number of nitriles is 1. The number of ether oxygens (including phenoxy) is 1. The van der Waals surface area contributed by atoms with Gasteiger partial charge in [-0.1, -0.05) is 6.07 Å². The Labute approximate surface area is 186 Å². The second kappa shape index (κ2) is 11.5. The van der Waals surface area contributed by atoms with Crippen molar-refractivity contribution < 1.29 is 19.1 Å². The van der Waals surface area contributed by atoms with Crippen molar-refractivity contribution in [2.24, 2.45) is 0 Å². The summed E-state index contributed by atoms with van der Waals surface area (Å²) in [5.41, 5.74) is 1.92. The van der Waals surface area contributed by atoms with Crippen LogP contribution in [-0.4, -0.2) is 60.9 Å². The molecule has 3 amide bonds. The van der Waals surface area contributed by atoms with Crippen molar-refractivity contribution in [2.75, 3.05) is 38.0 Å². The van der Waals surface area contributed by atoms with E-state index in [2.05, 4.69) is 21.4 Å². The zero-order valence-corrected chi connectivity index (χ0v) is 18.6. The molecule has 0 saturated carbocycles. The minimum Gasteiger partial charge on any atom is -0.385 e. The lowest BCUT2D eigenvalue weighted by molar-refractivity contribution is -0.128. The van der Waals surface area contributed by atoms with Crippen LogP contribution in [0.1, 0.15) is 40.5 Å². The maximum atomic E-state index is 12.7. The lowest BCUT2D eigenvalue weighted by Crippen LogP contribution is -2.32. The number of carbonyl (C=O) groups excluding carboxylic acids is 3. The molecule has 2 aromatic rings. The molecule has 10 nitrogen and oxygen atoms in total. The zero-order chi connectivity index (χ0) is 23.7. The van der Waals surface area contributed by atoms with Gasteiger partial charge in [0.1, 0.15) is 23.4 Å². The average Bonchev–Trinajstić information content (AvgIpc) is 2.79. The molecule has 0 aliphatic carbocycles. The quantitative estimate of drug-likeness (QED) is 0.470. The van der Waals surface area contributed by atoms with E-state index < -0.39 is 6.03 Å². The molecule has 0 saturated heterocycles. The molecule has 0 spiro atoms. The molecule has 1 N–H and O–H groups in total. The second-order valence-corrected chi connectivity index (χ2v) is 7.13. The highest BCUT2D eigenvalue weighted by atomic mass is 16.5. The molecule has 0 unspecified atom stereocenters. The third kappa shape index (κ3) is 6.33. The number of carbonyl (C=O) groups is 3. The highest BCUT2D eigenvalue weighted by Crippen LogP contribution is 2.18. The van der Waals surface area contributed by atoms with Gasteiger partial charge in [0.15, 0.2) is 6.29 Å². The molecule has 0 bridgehead atoms. The van der Waals surface area contributed by atoms with Crippen LogP contribution in [0.5, 0.6) is 0 Å². The molecule has 0 fully saturated rings. The first-order chi connectivity index (χ1) is 15.3. The highest BCUT2D eigenvalue weighted by molar-refractivity contribution is 6.00. The second-order valence-electron chi connectivity index (χ2n) is 7.13. The Morgan fingerprint density at radius 2 is 2.03 bits per heavy atom. The summed E-state index contributed by atoms with van der Waals surface area (Å²) in [5.74, 6) is 0.412. The number of aryl methyl sites for hydroxylation is 1. The first-order valence-electron chi connectivity index (χ1n) is 9.90. The van der Waals surface area contributed by atoms with E-state index in [-0.39, 0.29) is 24.0 Å². The van der Waals surface area contributed by atoms with Crippen LogP contribution < -0.4 is 10.2 Å². The lowest BCUT2D eigenvalue weighted by Gasteiger charge is -2.20. The van der Waals surface area contributed by atoms with Gasteiger partial charge < -0.3 is 9.64 Å². The van der Waals surface area contributed by atoms with Gasteiger partial charge in [-0.3, -0.25) is 19.8 Å². The molecule has 0 atom stereocenters. The van der Waals surface area contributed by atoms with Crippen LogP contribution >= 0.6 is 0 Å². The third-order valence-corrected chi connectivity index (χ3v) is 4.84. The number of nitrogens with one attached hydrogen (secondary N) is 1. The van der Waals surface area contributed by atoms with E-state index >= 15 is 0 Å². The molecular weight excluding hydrogens is 412 g/mol. The Morgan fingerprint density at radius 3 is 2.66 bits per heavy atom. The number of urea groups is 1. The van der Waals surface area contributed by atoms with E-state index in [9.17, 15) is 19.6 Å². The molecule has 32 heavy (non-hydrogen) atoms. The van der Waals surface area contributed by atoms with Crippen molar-refractivity contribution in [3.05, 3.63) is 46.8 Å². The van der Waals surface area contributed by atoms with E-state index in [1.807, 2.05) is 0 Å². The Hall–Kier alpha value is -3.84. The minimum absolute atomic E-state index is 0.140. The lowest BCUT2D eigenvalue weighted by atomic mass is 10.1. The number of hydrogen-bond donors (Lipinski definition) is 1. The number of amides is 3. The largest absolute Gasteiger partial charge is 0.385 e. The number of hydrogen-bond acceptors (Lipinski definition) is 7. The number of aldehydes is 1. The number of aromatic nitrogens is 2. The third-order valence-electron chi connectivity index (χ3n) is 4.84. The standard InChI is InChI=1S/C22H26N6O4/c1-15(30)27(2)13-17-7-8-21(25-19(17)14-29)28(3)22(31)26-20-10-16(6-5-9-32-4)18(11-23)12-24-20/h7-8,10,12,14H,5-6,9,13H2,1-4H3,(H,24,26,31). The molecular formula is C22H26N6O4. The summed E-state index contributed by atoms with van der Waals surface area (Å²) in [7, 11) is 4.74. The molecule has 10 heteroatoms. The van der Waals surface area contributed by atoms with E-state index in [0.717, 1.165) is 12.0 Å². The van der Waals surface area contributed by atoms with E-state index in [1.165, 1.54) is 30.0 Å². The van der Waals surface area contributed by atoms with Crippen LogP contribution in [-0.2, 0) is 22.5 Å². The maximum absolute atomic E-state index is 12.7. The van der Waals surface area contributed by atoms with Crippen LogP contribution in [0.3, 0.4) is 0 Å². The van der Waals surface area contributed by atoms with Gasteiger partial charge >= 0.3 is 6.03 Å². The fourth-order valence-electron chi connectivity index (χ4n) is 2.86. The van der Waals surface area contributed by atoms with Crippen molar-refractivity contribution in [3.8, 4) is 6.07 Å². The number of nitrogens with zero attached hydrogens (tertiary/aromatic N) is 5. The van der Waals surface area contributed by atoms with E-state index in [1.54, 1.807) is 32.4 Å². The molecule has 2 aromatic heterocycles. The molecule has 0 radical (unpaired) electrons. The summed E-state index contributed by atoms with van der Waals surface area (Å²) in [6, 6.07) is 6.49. The van der Waals surface area contributed by atoms with Crippen molar-refractivity contribution in [2.45, 2.75) is 26.3 Å². The van der Waals surface area contributed by atoms with Gasteiger partial charge in [-0.25, -0.2) is 14.8 Å². The van der Waals surface area contributed by atoms with Crippen molar-refractivity contribution >= 4 is 29.9 Å². The van der Waals surface area contributed by atoms with Crippen molar-refractivity contribution in [1.29, 1.82) is 5.26 Å². The fourth-order valence-corrected chi connectivity index (χ4v) is 2.86. The van der Waals surface area contributed by atoms with E-state index in [4.69, 9.17) is 4.74 Å². The number of pyridine rings is 2. The van der Waals surface area contributed by atoms with Gasteiger partial charge in [0.2, 0.25) is 5.91 Å². The molecule has 2 heterocycles. The maximum Gasteiger partial charge on any atom is 0.328 e. The minimum atomic E-state index is -0.511. The van der Waals surface area contributed by atoms with Gasteiger partial charge in [-0.2, -0.15) is 5.26 Å². The fraction of sp³-hybridized carbons (Fsp3) is 0.364. The van der Waals surface area contributed by atoms with Crippen LogP contribution in [0.4, 0.5) is 16.4 Å². The van der Waals surface area contributed by atoms with Crippen LogP contribution in [0.25, 0.3) is 0 Å². The van der Waals surface area contributed by atoms with E-state index in [0.29, 0.717) is 36.3 Å². The summed E-state index contributed by atoms with van der Waals surface area (Å²) in [5, 5.41) is 11.9. The zero-order valence-electron chi connectivity index (χ0n) is 18.6. The monoisotopic (exact) mass is 438 g/mol. The molecule has 0 aromatic carbocycles. The predicted molar refractivity (Wildman–Crippen MR) is 118 cm³/mol. The molecule has 0 aliphatic rings. The summed E-state index contributed by atoms with van der Waals surface area (Å²) in [6.07, 6.45) is 3.35. The predicted octanol–water partition coefficient (Wildman–Crippen LogP) is 2.39. The molecule has 0 aliphatic heterocycles. The highest BCUT2D eigenvalue weighted by Gasteiger charge is 2.17. The van der Waals surface area contributed by atoms with Gasteiger partial charge in [0.25, 0.3) is 0 Å². The Bertz CT molecular complexity index is 1030.